The van der Waals surface area contributed by atoms with Crippen LogP contribution < -0.4 is 10.1 Å². The van der Waals surface area contributed by atoms with Crippen molar-refractivity contribution >= 4 is 15.9 Å². The van der Waals surface area contributed by atoms with Crippen molar-refractivity contribution in [3.63, 3.8) is 0 Å². The molecule has 1 fully saturated rings. The third-order valence-electron chi connectivity index (χ3n) is 2.16. The molecule has 14 heavy (non-hydrogen) atoms. The molecule has 0 saturated carbocycles. The maximum absolute atomic E-state index is 5.73. The predicted molar refractivity (Wildman–Crippen MR) is 56.3 cm³/mol. The zero-order valence-electron chi connectivity index (χ0n) is 7.74. The van der Waals surface area contributed by atoms with Crippen LogP contribution in [-0.4, -0.2) is 29.2 Å². The number of rotatable bonds is 2. The molecule has 4 nitrogen and oxygen atoms in total. The molecule has 2 heterocycles. The molecule has 1 N–H and O–H groups in total. The maximum atomic E-state index is 5.73. The van der Waals surface area contributed by atoms with Gasteiger partial charge >= 0.3 is 0 Å². The molecule has 0 amide bonds. The Bertz CT molecular complexity index is 302. The van der Waals surface area contributed by atoms with E-state index in [9.17, 15) is 0 Å². The zero-order valence-corrected chi connectivity index (χ0v) is 9.33. The van der Waals surface area contributed by atoms with Crippen LogP contribution in [0.5, 0.6) is 5.88 Å². The van der Waals surface area contributed by atoms with E-state index in [4.69, 9.17) is 4.74 Å². The Morgan fingerprint density at radius 2 is 2.50 bits per heavy atom. The maximum Gasteiger partial charge on any atom is 0.231 e. The zero-order chi connectivity index (χ0) is 9.80. The van der Waals surface area contributed by atoms with Crippen molar-refractivity contribution in [2.24, 2.45) is 0 Å². The number of hydrogen-bond acceptors (Lipinski definition) is 4. The van der Waals surface area contributed by atoms with Crippen LogP contribution in [0.25, 0.3) is 0 Å². The third kappa shape index (κ3) is 2.42. The summed E-state index contributed by atoms with van der Waals surface area (Å²) < 4.78 is 6.54. The highest BCUT2D eigenvalue weighted by molar-refractivity contribution is 9.10. The van der Waals surface area contributed by atoms with Gasteiger partial charge < -0.3 is 10.1 Å². The molecule has 0 spiro atoms. The first-order valence-electron chi connectivity index (χ1n) is 4.69. The summed E-state index contributed by atoms with van der Waals surface area (Å²) >= 11 is 3.35. The summed E-state index contributed by atoms with van der Waals surface area (Å²) in [5.41, 5.74) is 0. The van der Waals surface area contributed by atoms with Crippen molar-refractivity contribution in [1.29, 1.82) is 0 Å². The lowest BCUT2D eigenvalue weighted by Gasteiger charge is -2.23. The molecule has 1 aromatic heterocycles. The smallest absolute Gasteiger partial charge is 0.231 e. The second-order valence-corrected chi connectivity index (χ2v) is 4.12. The fourth-order valence-electron chi connectivity index (χ4n) is 1.47. The lowest BCUT2D eigenvalue weighted by atomic mass is 10.1. The molecule has 2 rings (SSSR count). The highest BCUT2D eigenvalue weighted by atomic mass is 79.9. The summed E-state index contributed by atoms with van der Waals surface area (Å²) in [6.07, 6.45) is 5.67. The minimum atomic E-state index is 0.231. The van der Waals surface area contributed by atoms with Gasteiger partial charge in [-0.05, 0) is 35.3 Å². The predicted octanol–water partition coefficient (Wildman–Crippen LogP) is 1.37. The Balaban J connectivity index is 1.99. The van der Waals surface area contributed by atoms with Gasteiger partial charge in [-0.2, -0.15) is 0 Å². The fraction of sp³-hybridized carbons (Fsp3) is 0.556. The molecular weight excluding hydrogens is 246 g/mol. The van der Waals surface area contributed by atoms with Gasteiger partial charge in [-0.25, -0.2) is 9.97 Å². The van der Waals surface area contributed by atoms with Crippen LogP contribution >= 0.6 is 15.9 Å². The molecule has 0 radical (unpaired) electrons. The van der Waals surface area contributed by atoms with Gasteiger partial charge in [0.15, 0.2) is 0 Å². The van der Waals surface area contributed by atoms with E-state index >= 15 is 0 Å². The van der Waals surface area contributed by atoms with E-state index in [1.807, 2.05) is 0 Å². The summed E-state index contributed by atoms with van der Waals surface area (Å²) in [6.45, 7) is 1.99. The van der Waals surface area contributed by atoms with E-state index in [1.165, 1.54) is 6.33 Å². The molecule has 1 aliphatic heterocycles. The summed E-state index contributed by atoms with van der Waals surface area (Å²) in [7, 11) is 0. The van der Waals surface area contributed by atoms with E-state index < -0.39 is 0 Å². The van der Waals surface area contributed by atoms with Crippen LogP contribution in [0.15, 0.2) is 17.0 Å². The fourth-order valence-corrected chi connectivity index (χ4v) is 1.78. The first kappa shape index (κ1) is 9.86. The van der Waals surface area contributed by atoms with Crippen LogP contribution in [0.4, 0.5) is 0 Å². The molecule has 5 heteroatoms. The topological polar surface area (TPSA) is 47.0 Å². The highest BCUT2D eigenvalue weighted by Crippen LogP contribution is 2.22. The second kappa shape index (κ2) is 4.70. The van der Waals surface area contributed by atoms with E-state index in [-0.39, 0.29) is 6.10 Å². The monoisotopic (exact) mass is 257 g/mol. The number of aromatic nitrogens is 2. The quantitative estimate of drug-likeness (QED) is 0.870. The van der Waals surface area contributed by atoms with Gasteiger partial charge in [0.05, 0.1) is 4.47 Å². The molecular formula is C9H12BrN3O. The first-order chi connectivity index (χ1) is 6.86. The number of nitrogens with zero attached hydrogens (tertiary/aromatic N) is 2. The number of hydrogen-bond donors (Lipinski definition) is 1. The molecule has 76 valence electrons. The molecule has 0 aromatic carbocycles. The van der Waals surface area contributed by atoms with Crippen LogP contribution in [0.1, 0.15) is 12.8 Å². The van der Waals surface area contributed by atoms with Gasteiger partial charge in [0, 0.05) is 12.7 Å². The summed E-state index contributed by atoms with van der Waals surface area (Å²) in [4.78, 5) is 7.95. The largest absolute Gasteiger partial charge is 0.472 e. The van der Waals surface area contributed by atoms with Crippen molar-refractivity contribution in [3.8, 4) is 5.88 Å². The molecule has 0 bridgehead atoms. The van der Waals surface area contributed by atoms with Crippen LogP contribution in [-0.2, 0) is 0 Å². The number of piperidine rings is 1. The summed E-state index contributed by atoms with van der Waals surface area (Å²) in [5, 5.41) is 3.29. The van der Waals surface area contributed by atoms with Gasteiger partial charge in [0.2, 0.25) is 5.88 Å². The van der Waals surface area contributed by atoms with Crippen LogP contribution in [0.2, 0.25) is 0 Å². The van der Waals surface area contributed by atoms with Gasteiger partial charge in [0.25, 0.3) is 0 Å². The van der Waals surface area contributed by atoms with Crippen LogP contribution in [0, 0.1) is 0 Å². The lowest BCUT2D eigenvalue weighted by molar-refractivity contribution is 0.159. The standard InChI is InChI=1S/C9H12BrN3O/c10-8-5-12-6-13-9(8)14-7-2-1-3-11-4-7/h5-7,11H,1-4H2/t7-/m0/s1. The van der Waals surface area contributed by atoms with E-state index in [0.29, 0.717) is 5.88 Å². The van der Waals surface area contributed by atoms with Crippen molar-refractivity contribution < 1.29 is 4.74 Å². The van der Waals surface area contributed by atoms with Gasteiger partial charge in [0.1, 0.15) is 12.4 Å². The van der Waals surface area contributed by atoms with Crippen LogP contribution in [0.3, 0.4) is 0 Å². The Hall–Kier alpha value is -0.680. The first-order valence-corrected chi connectivity index (χ1v) is 5.48. The molecule has 1 aliphatic rings. The SMILES string of the molecule is Brc1cncnc1O[C@H]1CCCNC1. The number of halogens is 1. The Morgan fingerprint density at radius 1 is 1.57 bits per heavy atom. The van der Waals surface area contributed by atoms with Crippen molar-refractivity contribution in [1.82, 2.24) is 15.3 Å². The Labute approximate surface area is 91.2 Å². The Kier molecular flexibility index (Phi) is 3.31. The van der Waals surface area contributed by atoms with Gasteiger partial charge in [-0.1, -0.05) is 0 Å². The normalized spacial score (nSPS) is 21.9. The van der Waals surface area contributed by atoms with Gasteiger partial charge in [-0.3, -0.25) is 0 Å². The minimum absolute atomic E-state index is 0.231. The van der Waals surface area contributed by atoms with Gasteiger partial charge in [-0.15, -0.1) is 0 Å². The molecule has 1 aromatic rings. The molecule has 1 saturated heterocycles. The average Bonchev–Trinajstić information content (AvgIpc) is 2.23. The minimum Gasteiger partial charge on any atom is -0.472 e. The third-order valence-corrected chi connectivity index (χ3v) is 2.71. The molecule has 0 aliphatic carbocycles. The Morgan fingerprint density at radius 3 is 3.21 bits per heavy atom. The molecule has 0 unspecified atom stereocenters. The van der Waals surface area contributed by atoms with E-state index in [0.717, 1.165) is 30.4 Å². The van der Waals surface area contributed by atoms with Crippen molar-refractivity contribution in [2.45, 2.75) is 18.9 Å². The summed E-state index contributed by atoms with van der Waals surface area (Å²) in [6, 6.07) is 0. The highest BCUT2D eigenvalue weighted by Gasteiger charge is 2.15. The van der Waals surface area contributed by atoms with Crippen molar-refractivity contribution in [2.75, 3.05) is 13.1 Å². The van der Waals surface area contributed by atoms with E-state index in [1.54, 1.807) is 6.20 Å². The molecule has 1 atom stereocenters. The average molecular weight is 258 g/mol. The summed E-state index contributed by atoms with van der Waals surface area (Å²) in [5.74, 6) is 0.633. The lowest BCUT2D eigenvalue weighted by Crippen LogP contribution is -2.37. The van der Waals surface area contributed by atoms with E-state index in [2.05, 4.69) is 31.2 Å². The number of ether oxygens (including phenoxy) is 1. The number of nitrogens with one attached hydrogen (secondary N) is 1. The van der Waals surface area contributed by atoms with Crippen molar-refractivity contribution in [3.05, 3.63) is 17.0 Å². The second-order valence-electron chi connectivity index (χ2n) is 3.26.